The van der Waals surface area contributed by atoms with Gasteiger partial charge in [-0.2, -0.15) is 0 Å². The average molecular weight is 196 g/mol. The highest BCUT2D eigenvalue weighted by Crippen LogP contribution is 1.93. The van der Waals surface area contributed by atoms with Crippen molar-refractivity contribution in [2.24, 2.45) is 12.8 Å². The molecular weight excluding hydrogens is 180 g/mol. The van der Waals surface area contributed by atoms with Crippen LogP contribution in [0.2, 0.25) is 0 Å². The van der Waals surface area contributed by atoms with Gasteiger partial charge in [0.25, 0.3) is 0 Å². The fourth-order valence-corrected chi connectivity index (χ4v) is 1.10. The van der Waals surface area contributed by atoms with E-state index in [0.717, 1.165) is 12.2 Å². The van der Waals surface area contributed by atoms with Crippen LogP contribution in [-0.4, -0.2) is 28.0 Å². The zero-order valence-electron chi connectivity index (χ0n) is 8.53. The van der Waals surface area contributed by atoms with E-state index >= 15 is 0 Å². The van der Waals surface area contributed by atoms with Crippen molar-refractivity contribution in [1.29, 1.82) is 0 Å². The summed E-state index contributed by atoms with van der Waals surface area (Å²) >= 11 is 0. The molecule has 1 amide bonds. The van der Waals surface area contributed by atoms with Gasteiger partial charge in [-0.15, -0.1) is 0 Å². The Kier molecular flexibility index (Phi) is 3.64. The molecule has 1 unspecified atom stereocenters. The summed E-state index contributed by atoms with van der Waals surface area (Å²) in [6.07, 6.45) is 4.34. The number of hydrogen-bond donors (Lipinski definition) is 2. The SMILES string of the molecule is CC(N)C(=O)NCCc1nccn1C. The maximum Gasteiger partial charge on any atom is 0.236 e. The first-order valence-electron chi connectivity index (χ1n) is 4.60. The van der Waals surface area contributed by atoms with Gasteiger partial charge < -0.3 is 15.6 Å². The summed E-state index contributed by atoms with van der Waals surface area (Å²) in [5.74, 6) is 0.828. The van der Waals surface area contributed by atoms with Gasteiger partial charge in [-0.05, 0) is 6.92 Å². The Bertz CT molecular complexity index is 306. The standard InChI is InChI=1S/C9H16N4O/c1-7(10)9(14)12-4-3-8-11-5-6-13(8)2/h5-7H,3-4,10H2,1-2H3,(H,12,14). The lowest BCUT2D eigenvalue weighted by Gasteiger charge is -2.07. The number of rotatable bonds is 4. The molecular formula is C9H16N4O. The average Bonchev–Trinajstić information content (AvgIpc) is 2.51. The Morgan fingerprint density at radius 1 is 1.79 bits per heavy atom. The van der Waals surface area contributed by atoms with Gasteiger partial charge in [-0.25, -0.2) is 4.98 Å². The van der Waals surface area contributed by atoms with Crippen LogP contribution in [0.4, 0.5) is 0 Å². The highest BCUT2D eigenvalue weighted by molar-refractivity contribution is 5.80. The molecule has 1 rings (SSSR count). The summed E-state index contributed by atoms with van der Waals surface area (Å²) in [5.41, 5.74) is 5.39. The summed E-state index contributed by atoms with van der Waals surface area (Å²) in [4.78, 5) is 15.2. The second-order valence-corrected chi connectivity index (χ2v) is 3.28. The lowest BCUT2D eigenvalue weighted by atomic mass is 10.3. The van der Waals surface area contributed by atoms with E-state index in [9.17, 15) is 4.79 Å². The van der Waals surface area contributed by atoms with E-state index in [4.69, 9.17) is 5.73 Å². The van der Waals surface area contributed by atoms with Crippen LogP contribution in [0.1, 0.15) is 12.7 Å². The highest BCUT2D eigenvalue weighted by atomic mass is 16.2. The topological polar surface area (TPSA) is 72.9 Å². The molecule has 0 aliphatic rings. The van der Waals surface area contributed by atoms with Crippen molar-refractivity contribution in [3.8, 4) is 0 Å². The number of nitrogens with zero attached hydrogens (tertiary/aromatic N) is 2. The molecule has 78 valence electrons. The van der Waals surface area contributed by atoms with Gasteiger partial charge in [-0.3, -0.25) is 4.79 Å². The van der Waals surface area contributed by atoms with E-state index in [1.165, 1.54) is 0 Å². The van der Waals surface area contributed by atoms with Gasteiger partial charge in [0.2, 0.25) is 5.91 Å². The molecule has 0 radical (unpaired) electrons. The van der Waals surface area contributed by atoms with Crippen molar-refractivity contribution in [2.45, 2.75) is 19.4 Å². The molecule has 1 aromatic heterocycles. The zero-order valence-corrected chi connectivity index (χ0v) is 8.53. The van der Waals surface area contributed by atoms with Crippen LogP contribution in [0.25, 0.3) is 0 Å². The molecule has 1 aromatic rings. The first-order chi connectivity index (χ1) is 6.61. The number of amides is 1. The molecule has 0 spiro atoms. The monoisotopic (exact) mass is 196 g/mol. The van der Waals surface area contributed by atoms with Gasteiger partial charge in [0.1, 0.15) is 5.82 Å². The highest BCUT2D eigenvalue weighted by Gasteiger charge is 2.06. The van der Waals surface area contributed by atoms with E-state index in [0.29, 0.717) is 6.54 Å². The third-order valence-electron chi connectivity index (χ3n) is 1.98. The smallest absolute Gasteiger partial charge is 0.236 e. The molecule has 1 atom stereocenters. The molecule has 0 aliphatic heterocycles. The Balaban J connectivity index is 2.29. The number of carbonyl (C=O) groups excluding carboxylic acids is 1. The fraction of sp³-hybridized carbons (Fsp3) is 0.556. The van der Waals surface area contributed by atoms with E-state index in [-0.39, 0.29) is 5.91 Å². The molecule has 3 N–H and O–H groups in total. The van der Waals surface area contributed by atoms with Crippen molar-refractivity contribution >= 4 is 5.91 Å². The van der Waals surface area contributed by atoms with Crippen molar-refractivity contribution in [3.63, 3.8) is 0 Å². The van der Waals surface area contributed by atoms with E-state index < -0.39 is 6.04 Å². The van der Waals surface area contributed by atoms with Crippen molar-refractivity contribution in [1.82, 2.24) is 14.9 Å². The Labute approximate surface area is 83.3 Å². The summed E-state index contributed by atoms with van der Waals surface area (Å²) < 4.78 is 1.93. The van der Waals surface area contributed by atoms with Gasteiger partial charge in [-0.1, -0.05) is 0 Å². The third-order valence-corrected chi connectivity index (χ3v) is 1.98. The second-order valence-electron chi connectivity index (χ2n) is 3.28. The molecule has 5 nitrogen and oxygen atoms in total. The maximum atomic E-state index is 11.1. The van der Waals surface area contributed by atoms with Crippen LogP contribution in [0.5, 0.6) is 0 Å². The van der Waals surface area contributed by atoms with Crippen molar-refractivity contribution in [3.05, 3.63) is 18.2 Å². The lowest BCUT2D eigenvalue weighted by Crippen LogP contribution is -2.39. The molecule has 0 bridgehead atoms. The number of imidazole rings is 1. The van der Waals surface area contributed by atoms with Crippen LogP contribution >= 0.6 is 0 Å². The van der Waals surface area contributed by atoms with Crippen LogP contribution < -0.4 is 11.1 Å². The zero-order chi connectivity index (χ0) is 10.6. The Morgan fingerprint density at radius 3 is 3.00 bits per heavy atom. The maximum absolute atomic E-state index is 11.1. The number of nitrogens with one attached hydrogen (secondary N) is 1. The van der Waals surface area contributed by atoms with Crippen molar-refractivity contribution < 1.29 is 4.79 Å². The van der Waals surface area contributed by atoms with Gasteiger partial charge in [0.15, 0.2) is 0 Å². The minimum Gasteiger partial charge on any atom is -0.354 e. The Morgan fingerprint density at radius 2 is 2.50 bits per heavy atom. The number of aryl methyl sites for hydroxylation is 1. The molecule has 0 saturated heterocycles. The quantitative estimate of drug-likeness (QED) is 0.677. The van der Waals surface area contributed by atoms with Crippen LogP contribution in [0.3, 0.4) is 0 Å². The minimum absolute atomic E-state index is 0.126. The molecule has 0 saturated carbocycles. The third kappa shape index (κ3) is 2.85. The molecule has 5 heteroatoms. The first kappa shape index (κ1) is 10.7. The molecule has 1 heterocycles. The molecule has 14 heavy (non-hydrogen) atoms. The summed E-state index contributed by atoms with van der Waals surface area (Å²) in [7, 11) is 1.93. The van der Waals surface area contributed by atoms with Crippen LogP contribution in [0.15, 0.2) is 12.4 Å². The number of hydrogen-bond acceptors (Lipinski definition) is 3. The molecule has 0 aromatic carbocycles. The predicted octanol–water partition coefficient (Wildman–Crippen LogP) is -0.574. The van der Waals surface area contributed by atoms with E-state index in [1.807, 2.05) is 17.8 Å². The largest absolute Gasteiger partial charge is 0.354 e. The van der Waals surface area contributed by atoms with E-state index in [1.54, 1.807) is 13.1 Å². The van der Waals surface area contributed by atoms with Gasteiger partial charge in [0, 0.05) is 32.4 Å². The van der Waals surface area contributed by atoms with E-state index in [2.05, 4.69) is 10.3 Å². The summed E-state index contributed by atoms with van der Waals surface area (Å²) in [6.45, 7) is 2.24. The summed E-state index contributed by atoms with van der Waals surface area (Å²) in [5, 5.41) is 2.73. The van der Waals surface area contributed by atoms with Crippen molar-refractivity contribution in [2.75, 3.05) is 6.54 Å². The van der Waals surface area contributed by atoms with Crippen LogP contribution in [0, 0.1) is 0 Å². The number of carbonyl (C=O) groups is 1. The Hall–Kier alpha value is -1.36. The minimum atomic E-state index is -0.448. The fourth-order valence-electron chi connectivity index (χ4n) is 1.10. The number of nitrogens with two attached hydrogens (primary N) is 1. The molecule has 0 fully saturated rings. The van der Waals surface area contributed by atoms with Crippen LogP contribution in [-0.2, 0) is 18.3 Å². The van der Waals surface area contributed by atoms with Gasteiger partial charge in [0.05, 0.1) is 6.04 Å². The van der Waals surface area contributed by atoms with Gasteiger partial charge >= 0.3 is 0 Å². The lowest BCUT2D eigenvalue weighted by molar-refractivity contribution is -0.121. The molecule has 0 aliphatic carbocycles. The first-order valence-corrected chi connectivity index (χ1v) is 4.60. The second kappa shape index (κ2) is 4.76. The number of aromatic nitrogens is 2. The predicted molar refractivity (Wildman–Crippen MR) is 53.6 cm³/mol. The summed E-state index contributed by atoms with van der Waals surface area (Å²) in [6, 6.07) is -0.448. The normalized spacial score (nSPS) is 12.5.